The Morgan fingerprint density at radius 1 is 1.29 bits per heavy atom. The van der Waals surface area contributed by atoms with Gasteiger partial charge >= 0.3 is 0 Å². The van der Waals surface area contributed by atoms with Gasteiger partial charge in [0.2, 0.25) is 0 Å². The molecule has 0 atom stereocenters. The summed E-state index contributed by atoms with van der Waals surface area (Å²) in [7, 11) is 0. The summed E-state index contributed by atoms with van der Waals surface area (Å²) in [5.74, 6) is 0.590. The van der Waals surface area contributed by atoms with Crippen molar-refractivity contribution in [2.75, 3.05) is 6.54 Å². The Labute approximate surface area is 123 Å². The Morgan fingerprint density at radius 2 is 1.82 bits per heavy atom. The molecule has 0 aromatic heterocycles. The lowest BCUT2D eigenvalue weighted by Gasteiger charge is -2.26. The molecular weight excluding hydrogens is 325 g/mol. The molecule has 3 N–H and O–H groups in total. The molecule has 1 saturated carbocycles. The topological polar surface area (TPSA) is 50.4 Å². The molecule has 0 aliphatic heterocycles. The fourth-order valence-electron chi connectivity index (χ4n) is 2.43. The molecule has 1 aliphatic rings. The van der Waals surface area contributed by atoms with Crippen molar-refractivity contribution in [1.29, 1.82) is 0 Å². The minimum absolute atomic E-state index is 0. The van der Waals surface area contributed by atoms with Gasteiger partial charge in [-0.1, -0.05) is 19.8 Å². The van der Waals surface area contributed by atoms with Crippen molar-refractivity contribution < 1.29 is 0 Å². The second kappa shape index (κ2) is 6.81. The van der Waals surface area contributed by atoms with Crippen LogP contribution in [0.15, 0.2) is 4.99 Å². The molecule has 1 rings (SSSR count). The van der Waals surface area contributed by atoms with Crippen molar-refractivity contribution >= 4 is 29.9 Å². The second-order valence-electron chi connectivity index (χ2n) is 6.14. The van der Waals surface area contributed by atoms with Crippen LogP contribution in [0.3, 0.4) is 0 Å². The van der Waals surface area contributed by atoms with E-state index < -0.39 is 0 Å². The number of nitrogens with zero attached hydrogens (tertiary/aromatic N) is 1. The molecule has 3 nitrogen and oxygen atoms in total. The summed E-state index contributed by atoms with van der Waals surface area (Å²) in [5.41, 5.74) is 6.33. The largest absolute Gasteiger partial charge is 0.370 e. The summed E-state index contributed by atoms with van der Waals surface area (Å²) in [5, 5.41) is 3.21. The van der Waals surface area contributed by atoms with Crippen LogP contribution in [0.4, 0.5) is 0 Å². The van der Waals surface area contributed by atoms with Gasteiger partial charge in [-0.3, -0.25) is 4.99 Å². The number of nitrogens with one attached hydrogen (secondary N) is 1. The fourth-order valence-corrected chi connectivity index (χ4v) is 2.43. The Kier molecular flexibility index (Phi) is 6.81. The average molecular weight is 353 g/mol. The van der Waals surface area contributed by atoms with E-state index in [1.54, 1.807) is 0 Å². The van der Waals surface area contributed by atoms with E-state index in [4.69, 9.17) is 5.73 Å². The van der Waals surface area contributed by atoms with Crippen LogP contribution in [0.25, 0.3) is 0 Å². The highest BCUT2D eigenvalue weighted by Gasteiger charge is 2.31. The van der Waals surface area contributed by atoms with Gasteiger partial charge in [0.15, 0.2) is 5.96 Å². The van der Waals surface area contributed by atoms with Crippen LogP contribution in [0.5, 0.6) is 0 Å². The maximum absolute atomic E-state index is 5.89. The minimum Gasteiger partial charge on any atom is -0.370 e. The SMILES string of the molecule is CCC1(CN=C(N)NC(C)(C)C)CCCC1.I. The van der Waals surface area contributed by atoms with Crippen molar-refractivity contribution in [2.45, 2.75) is 65.3 Å². The van der Waals surface area contributed by atoms with Gasteiger partial charge < -0.3 is 11.1 Å². The van der Waals surface area contributed by atoms with Crippen LogP contribution >= 0.6 is 24.0 Å². The van der Waals surface area contributed by atoms with Crippen LogP contribution in [0.1, 0.15) is 59.8 Å². The molecule has 0 heterocycles. The van der Waals surface area contributed by atoms with E-state index in [2.05, 4.69) is 38.0 Å². The van der Waals surface area contributed by atoms with Gasteiger partial charge in [-0.05, 0) is 45.4 Å². The number of aliphatic imine (C=N–C) groups is 1. The zero-order valence-electron chi connectivity index (χ0n) is 11.7. The van der Waals surface area contributed by atoms with Gasteiger partial charge in [0.05, 0.1) is 0 Å². The quantitative estimate of drug-likeness (QED) is 0.465. The average Bonchev–Trinajstić information content (AvgIpc) is 2.61. The third-order valence-corrected chi connectivity index (χ3v) is 3.50. The maximum atomic E-state index is 5.89. The van der Waals surface area contributed by atoms with Gasteiger partial charge in [0, 0.05) is 12.1 Å². The lowest BCUT2D eigenvalue weighted by molar-refractivity contribution is 0.297. The zero-order valence-corrected chi connectivity index (χ0v) is 14.0. The highest BCUT2D eigenvalue weighted by molar-refractivity contribution is 14.0. The summed E-state index contributed by atoms with van der Waals surface area (Å²) in [4.78, 5) is 4.52. The molecule has 0 aromatic rings. The number of hydrogen-bond donors (Lipinski definition) is 2. The van der Waals surface area contributed by atoms with E-state index in [1.807, 2.05) is 0 Å². The smallest absolute Gasteiger partial charge is 0.189 e. The van der Waals surface area contributed by atoms with E-state index in [1.165, 1.54) is 32.1 Å². The van der Waals surface area contributed by atoms with E-state index in [9.17, 15) is 0 Å². The molecule has 1 aliphatic carbocycles. The predicted molar refractivity (Wildman–Crippen MR) is 86.0 cm³/mol. The number of nitrogens with two attached hydrogens (primary N) is 1. The number of guanidine groups is 1. The van der Waals surface area contributed by atoms with Crippen LogP contribution in [0, 0.1) is 5.41 Å². The molecule has 17 heavy (non-hydrogen) atoms. The van der Waals surface area contributed by atoms with Crippen molar-refractivity contribution in [2.24, 2.45) is 16.1 Å². The molecule has 0 saturated heterocycles. The Balaban J connectivity index is 0.00000256. The van der Waals surface area contributed by atoms with Gasteiger partial charge in [-0.2, -0.15) is 0 Å². The molecular formula is C13H28IN3. The molecule has 102 valence electrons. The molecule has 0 amide bonds. The molecule has 4 heteroatoms. The zero-order chi connectivity index (χ0) is 12.2. The first kappa shape index (κ1) is 17.0. The Morgan fingerprint density at radius 3 is 2.24 bits per heavy atom. The summed E-state index contributed by atoms with van der Waals surface area (Å²) in [6.07, 6.45) is 6.57. The van der Waals surface area contributed by atoms with Gasteiger partial charge in [0.25, 0.3) is 0 Å². The minimum atomic E-state index is 0. The highest BCUT2D eigenvalue weighted by atomic mass is 127. The second-order valence-corrected chi connectivity index (χ2v) is 6.14. The van der Waals surface area contributed by atoms with E-state index >= 15 is 0 Å². The van der Waals surface area contributed by atoms with Crippen molar-refractivity contribution in [3.05, 3.63) is 0 Å². The molecule has 1 fully saturated rings. The van der Waals surface area contributed by atoms with E-state index in [0.717, 1.165) is 6.54 Å². The van der Waals surface area contributed by atoms with Gasteiger partial charge in [0.1, 0.15) is 0 Å². The maximum Gasteiger partial charge on any atom is 0.189 e. The fraction of sp³-hybridized carbons (Fsp3) is 0.923. The van der Waals surface area contributed by atoms with Crippen LogP contribution < -0.4 is 11.1 Å². The van der Waals surface area contributed by atoms with Gasteiger partial charge in [-0.15, -0.1) is 24.0 Å². The normalized spacial score (nSPS) is 19.9. The van der Waals surface area contributed by atoms with E-state index in [-0.39, 0.29) is 29.5 Å². The first-order valence-corrected chi connectivity index (χ1v) is 6.45. The number of halogens is 1. The molecule has 0 radical (unpaired) electrons. The first-order chi connectivity index (χ1) is 7.37. The van der Waals surface area contributed by atoms with Crippen molar-refractivity contribution in [1.82, 2.24) is 5.32 Å². The monoisotopic (exact) mass is 353 g/mol. The van der Waals surface area contributed by atoms with Crippen molar-refractivity contribution in [3.8, 4) is 0 Å². The summed E-state index contributed by atoms with van der Waals surface area (Å²) in [6, 6.07) is 0. The predicted octanol–water partition coefficient (Wildman–Crippen LogP) is 3.28. The van der Waals surface area contributed by atoms with Crippen LogP contribution in [-0.4, -0.2) is 18.0 Å². The Hall–Kier alpha value is 0. The highest BCUT2D eigenvalue weighted by Crippen LogP contribution is 2.41. The number of rotatable bonds is 3. The van der Waals surface area contributed by atoms with Crippen LogP contribution in [-0.2, 0) is 0 Å². The third kappa shape index (κ3) is 5.93. The third-order valence-electron chi connectivity index (χ3n) is 3.50. The van der Waals surface area contributed by atoms with Crippen molar-refractivity contribution in [3.63, 3.8) is 0 Å². The first-order valence-electron chi connectivity index (χ1n) is 6.45. The standard InChI is InChI=1S/C13H27N3.HI/c1-5-13(8-6-7-9-13)10-15-11(14)16-12(2,3)4;/h5-10H2,1-4H3,(H3,14,15,16);1H. The lowest BCUT2D eigenvalue weighted by Crippen LogP contribution is -2.45. The Bertz CT molecular complexity index is 250. The van der Waals surface area contributed by atoms with Gasteiger partial charge in [-0.25, -0.2) is 0 Å². The summed E-state index contributed by atoms with van der Waals surface area (Å²) < 4.78 is 0. The molecule has 0 spiro atoms. The summed E-state index contributed by atoms with van der Waals surface area (Å²) in [6.45, 7) is 9.45. The van der Waals surface area contributed by atoms with E-state index in [0.29, 0.717) is 11.4 Å². The summed E-state index contributed by atoms with van der Waals surface area (Å²) >= 11 is 0. The van der Waals surface area contributed by atoms with Crippen LogP contribution in [0.2, 0.25) is 0 Å². The molecule has 0 bridgehead atoms. The molecule has 0 unspecified atom stereocenters. The number of hydrogen-bond acceptors (Lipinski definition) is 1. The molecule has 0 aromatic carbocycles. The lowest BCUT2D eigenvalue weighted by atomic mass is 9.84.